The Bertz CT molecular complexity index is 439. The zero-order valence-corrected chi connectivity index (χ0v) is 12.9. The Morgan fingerprint density at radius 2 is 1.90 bits per heavy atom. The topological polar surface area (TPSA) is 49.4 Å². The lowest BCUT2D eigenvalue weighted by atomic mass is 9.75. The van der Waals surface area contributed by atoms with E-state index in [1.54, 1.807) is 0 Å². The van der Waals surface area contributed by atoms with Crippen molar-refractivity contribution >= 4 is 10.0 Å². The number of nitrogens with zero attached hydrogens (tertiary/aromatic N) is 1. The second kappa shape index (κ2) is 6.42. The van der Waals surface area contributed by atoms with E-state index in [1.165, 1.54) is 4.31 Å². The molecule has 0 saturated carbocycles. The largest absolute Gasteiger partial charge is 0.389 e. The van der Waals surface area contributed by atoms with Gasteiger partial charge in [-0.25, -0.2) is 12.7 Å². The van der Waals surface area contributed by atoms with Crippen LogP contribution < -0.4 is 5.32 Å². The number of hydrogen-bond acceptors (Lipinski definition) is 3. The van der Waals surface area contributed by atoms with E-state index in [2.05, 4.69) is 5.32 Å². The van der Waals surface area contributed by atoms with E-state index in [-0.39, 0.29) is 11.8 Å². The highest BCUT2D eigenvalue weighted by Crippen LogP contribution is 2.37. The number of piperidine rings is 2. The van der Waals surface area contributed by atoms with Gasteiger partial charge in [-0.05, 0) is 44.1 Å². The highest BCUT2D eigenvalue weighted by Gasteiger charge is 2.40. The van der Waals surface area contributed by atoms with Crippen molar-refractivity contribution in [3.63, 3.8) is 0 Å². The molecule has 2 rings (SSSR count). The third-order valence-electron chi connectivity index (χ3n) is 4.44. The standard InChI is InChI=1S/C13H23F3N2O2S/c14-13(15,16)6-3-9-21(19,20)18-8-2-5-12(11-18)4-1-7-17-10-12/h17H,1-11H2. The lowest BCUT2D eigenvalue weighted by molar-refractivity contribution is -0.134. The van der Waals surface area contributed by atoms with Gasteiger partial charge in [0, 0.05) is 26.1 Å². The number of alkyl halides is 3. The van der Waals surface area contributed by atoms with Gasteiger partial charge in [-0.15, -0.1) is 0 Å². The third kappa shape index (κ3) is 4.82. The van der Waals surface area contributed by atoms with E-state index in [1.807, 2.05) is 0 Å². The first-order valence-corrected chi connectivity index (χ1v) is 9.09. The minimum atomic E-state index is -4.29. The van der Waals surface area contributed by atoms with Gasteiger partial charge in [-0.3, -0.25) is 0 Å². The van der Waals surface area contributed by atoms with Crippen molar-refractivity contribution in [1.82, 2.24) is 9.62 Å². The normalized spacial score (nSPS) is 28.9. The summed E-state index contributed by atoms with van der Waals surface area (Å²) in [7, 11) is -3.58. The molecule has 4 nitrogen and oxygen atoms in total. The summed E-state index contributed by atoms with van der Waals surface area (Å²) in [4.78, 5) is 0. The molecule has 2 heterocycles. The molecule has 0 bridgehead atoms. The van der Waals surface area contributed by atoms with Crippen LogP contribution in [0.1, 0.15) is 38.5 Å². The second-order valence-electron chi connectivity index (χ2n) is 6.25. The number of sulfonamides is 1. The summed E-state index contributed by atoms with van der Waals surface area (Å²) in [6, 6.07) is 0. The lowest BCUT2D eigenvalue weighted by Gasteiger charge is -2.44. The Morgan fingerprint density at radius 1 is 1.19 bits per heavy atom. The zero-order valence-electron chi connectivity index (χ0n) is 12.1. The fourth-order valence-corrected chi connectivity index (χ4v) is 5.01. The molecular formula is C13H23F3N2O2S. The summed E-state index contributed by atoms with van der Waals surface area (Å²) < 4.78 is 62.3. The Morgan fingerprint density at radius 3 is 2.52 bits per heavy atom. The molecule has 21 heavy (non-hydrogen) atoms. The molecule has 0 aliphatic carbocycles. The summed E-state index contributed by atoms with van der Waals surface area (Å²) in [6.45, 7) is 2.66. The van der Waals surface area contributed by atoms with Gasteiger partial charge in [0.2, 0.25) is 10.0 Å². The predicted octanol–water partition coefficient (Wildman–Crippen LogP) is 2.12. The van der Waals surface area contributed by atoms with E-state index in [9.17, 15) is 21.6 Å². The Hall–Kier alpha value is -0.340. The van der Waals surface area contributed by atoms with E-state index in [0.717, 1.165) is 38.8 Å². The summed E-state index contributed by atoms with van der Waals surface area (Å²) in [6.07, 6.45) is -1.86. The summed E-state index contributed by atoms with van der Waals surface area (Å²) in [5.74, 6) is -0.407. The molecule has 1 unspecified atom stereocenters. The van der Waals surface area contributed by atoms with Crippen LogP contribution in [0, 0.1) is 5.41 Å². The van der Waals surface area contributed by atoms with Gasteiger partial charge in [0.15, 0.2) is 0 Å². The predicted molar refractivity (Wildman–Crippen MR) is 74.4 cm³/mol. The van der Waals surface area contributed by atoms with Crippen molar-refractivity contribution in [2.45, 2.75) is 44.7 Å². The molecule has 8 heteroatoms. The van der Waals surface area contributed by atoms with Crippen LogP contribution in [0.3, 0.4) is 0 Å². The maximum absolute atomic E-state index is 12.2. The van der Waals surface area contributed by atoms with Gasteiger partial charge < -0.3 is 5.32 Å². The SMILES string of the molecule is O=S(=O)(CCCC(F)(F)F)N1CCCC2(CCCNC2)C1. The molecule has 2 aliphatic heterocycles. The van der Waals surface area contributed by atoms with Crippen LogP contribution >= 0.6 is 0 Å². The number of hydrogen-bond donors (Lipinski definition) is 1. The maximum atomic E-state index is 12.2. The molecule has 1 spiro atoms. The van der Waals surface area contributed by atoms with Crippen LogP contribution in [-0.4, -0.2) is 50.8 Å². The molecule has 0 radical (unpaired) electrons. The van der Waals surface area contributed by atoms with Gasteiger partial charge in [-0.2, -0.15) is 13.2 Å². The summed E-state index contributed by atoms with van der Waals surface area (Å²) >= 11 is 0. The second-order valence-corrected chi connectivity index (χ2v) is 8.34. The van der Waals surface area contributed by atoms with Crippen molar-refractivity contribution in [1.29, 1.82) is 0 Å². The van der Waals surface area contributed by atoms with Gasteiger partial charge in [0.05, 0.1) is 5.75 Å². The minimum absolute atomic E-state index is 0.0202. The molecule has 124 valence electrons. The Kier molecular flexibility index (Phi) is 5.20. The first-order valence-electron chi connectivity index (χ1n) is 7.48. The van der Waals surface area contributed by atoms with Crippen molar-refractivity contribution in [3.8, 4) is 0 Å². The average molecular weight is 328 g/mol. The molecule has 0 aromatic rings. The maximum Gasteiger partial charge on any atom is 0.389 e. The molecule has 2 saturated heterocycles. The molecule has 1 N–H and O–H groups in total. The quantitative estimate of drug-likeness (QED) is 0.860. The van der Waals surface area contributed by atoms with Crippen molar-refractivity contribution in [2.24, 2.45) is 5.41 Å². The molecule has 0 aromatic heterocycles. The number of halogens is 3. The average Bonchev–Trinajstić information content (AvgIpc) is 2.38. The fraction of sp³-hybridized carbons (Fsp3) is 1.00. The van der Waals surface area contributed by atoms with Crippen molar-refractivity contribution in [2.75, 3.05) is 31.9 Å². The molecule has 0 amide bonds. The Labute approximate surface area is 124 Å². The highest BCUT2D eigenvalue weighted by atomic mass is 32.2. The monoisotopic (exact) mass is 328 g/mol. The lowest BCUT2D eigenvalue weighted by Crippen LogP contribution is -2.52. The van der Waals surface area contributed by atoms with Crippen LogP contribution in [0.4, 0.5) is 13.2 Å². The van der Waals surface area contributed by atoms with Crippen LogP contribution in [-0.2, 0) is 10.0 Å². The van der Waals surface area contributed by atoms with Gasteiger partial charge in [0.25, 0.3) is 0 Å². The fourth-order valence-electron chi connectivity index (χ4n) is 3.36. The summed E-state index contributed by atoms with van der Waals surface area (Å²) in [5, 5.41) is 3.31. The van der Waals surface area contributed by atoms with E-state index in [0.29, 0.717) is 13.1 Å². The first-order chi connectivity index (χ1) is 9.73. The van der Waals surface area contributed by atoms with E-state index >= 15 is 0 Å². The van der Waals surface area contributed by atoms with E-state index in [4.69, 9.17) is 0 Å². The van der Waals surface area contributed by atoms with Crippen LogP contribution in [0.15, 0.2) is 0 Å². The first kappa shape index (κ1) is 17.0. The molecule has 2 aliphatic rings. The minimum Gasteiger partial charge on any atom is -0.316 e. The molecule has 1 atom stereocenters. The smallest absolute Gasteiger partial charge is 0.316 e. The highest BCUT2D eigenvalue weighted by molar-refractivity contribution is 7.89. The Balaban J connectivity index is 1.93. The van der Waals surface area contributed by atoms with E-state index < -0.39 is 28.4 Å². The third-order valence-corrected chi connectivity index (χ3v) is 6.35. The summed E-state index contributed by atoms with van der Waals surface area (Å²) in [5.41, 5.74) is -0.0202. The number of rotatable bonds is 4. The molecule has 2 fully saturated rings. The van der Waals surface area contributed by atoms with Crippen LogP contribution in [0.25, 0.3) is 0 Å². The van der Waals surface area contributed by atoms with Gasteiger partial charge in [0.1, 0.15) is 0 Å². The van der Waals surface area contributed by atoms with Gasteiger partial charge >= 0.3 is 6.18 Å². The molecule has 0 aromatic carbocycles. The van der Waals surface area contributed by atoms with Gasteiger partial charge in [-0.1, -0.05) is 0 Å². The van der Waals surface area contributed by atoms with Crippen molar-refractivity contribution < 1.29 is 21.6 Å². The zero-order chi connectivity index (χ0) is 15.6. The van der Waals surface area contributed by atoms with Crippen molar-refractivity contribution in [3.05, 3.63) is 0 Å². The van der Waals surface area contributed by atoms with Crippen LogP contribution in [0.2, 0.25) is 0 Å². The number of nitrogens with one attached hydrogen (secondary N) is 1. The molecular weight excluding hydrogens is 305 g/mol. The van der Waals surface area contributed by atoms with Crippen LogP contribution in [0.5, 0.6) is 0 Å².